The van der Waals surface area contributed by atoms with Crippen LogP contribution in [0.4, 0.5) is 10.5 Å². The number of hydrogen-bond donors (Lipinski definition) is 1. The summed E-state index contributed by atoms with van der Waals surface area (Å²) in [4.78, 5) is 31.7. The van der Waals surface area contributed by atoms with Gasteiger partial charge in [0.05, 0.1) is 18.5 Å². The molecule has 1 fully saturated rings. The summed E-state index contributed by atoms with van der Waals surface area (Å²) in [5.41, 5.74) is 2.62. The van der Waals surface area contributed by atoms with E-state index in [0.717, 1.165) is 37.1 Å². The van der Waals surface area contributed by atoms with Crippen LogP contribution in [0.1, 0.15) is 25.7 Å². The third-order valence-electron chi connectivity index (χ3n) is 4.62. The fourth-order valence-corrected chi connectivity index (χ4v) is 3.45. The lowest BCUT2D eigenvalue weighted by molar-refractivity contribution is -0.404. The average Bonchev–Trinajstić information content (AvgIpc) is 2.86. The van der Waals surface area contributed by atoms with Crippen molar-refractivity contribution in [2.24, 2.45) is 0 Å². The molecule has 6 nitrogen and oxygen atoms in total. The summed E-state index contributed by atoms with van der Waals surface area (Å²) >= 11 is 0. The van der Waals surface area contributed by atoms with Gasteiger partial charge < -0.3 is 4.74 Å². The largest absolute Gasteiger partial charge is 0.497 e. The smallest absolute Gasteiger partial charge is 0.337 e. The number of allylic oxidation sites excluding steroid dienone is 2. The van der Waals surface area contributed by atoms with Gasteiger partial charge >= 0.3 is 6.03 Å². The second-order valence-electron chi connectivity index (χ2n) is 5.91. The predicted molar refractivity (Wildman–Crippen MR) is 84.0 cm³/mol. The molecule has 0 saturated carbocycles. The van der Waals surface area contributed by atoms with Crippen molar-refractivity contribution in [2.75, 3.05) is 12.0 Å². The van der Waals surface area contributed by atoms with Crippen LogP contribution in [0.15, 0.2) is 35.7 Å². The Morgan fingerprint density at radius 2 is 1.87 bits per heavy atom. The van der Waals surface area contributed by atoms with Gasteiger partial charge in [-0.1, -0.05) is 0 Å². The quantitative estimate of drug-likeness (QED) is 0.821. The summed E-state index contributed by atoms with van der Waals surface area (Å²) in [5.74, 6) is 0.473. The van der Waals surface area contributed by atoms with E-state index in [1.165, 1.54) is 4.90 Å². The summed E-state index contributed by atoms with van der Waals surface area (Å²) in [7, 11) is 1.58. The summed E-state index contributed by atoms with van der Waals surface area (Å²) < 4.78 is 5.13. The minimum absolute atomic E-state index is 0.218. The molecule has 2 heterocycles. The van der Waals surface area contributed by atoms with E-state index in [-0.39, 0.29) is 11.9 Å². The molecule has 0 radical (unpaired) electrons. The van der Waals surface area contributed by atoms with Crippen LogP contribution >= 0.6 is 0 Å². The van der Waals surface area contributed by atoms with E-state index in [2.05, 4.69) is 4.99 Å². The van der Waals surface area contributed by atoms with E-state index < -0.39 is 6.04 Å². The van der Waals surface area contributed by atoms with Gasteiger partial charge in [0.25, 0.3) is 5.91 Å². The zero-order valence-corrected chi connectivity index (χ0v) is 12.9. The van der Waals surface area contributed by atoms with E-state index in [1.807, 2.05) is 0 Å². The van der Waals surface area contributed by atoms with Gasteiger partial charge in [-0.05, 0) is 43.5 Å². The number of amides is 3. The third-order valence-corrected chi connectivity index (χ3v) is 4.62. The van der Waals surface area contributed by atoms with Crippen LogP contribution in [0.3, 0.4) is 0 Å². The molecule has 1 saturated heterocycles. The minimum atomic E-state index is -0.554. The maximum Gasteiger partial charge on any atom is 0.337 e. The summed E-state index contributed by atoms with van der Waals surface area (Å²) in [5, 5.41) is 0. The molecule has 1 atom stereocenters. The van der Waals surface area contributed by atoms with E-state index in [1.54, 1.807) is 42.5 Å². The Morgan fingerprint density at radius 1 is 1.13 bits per heavy atom. The Balaban J connectivity index is 1.71. The maximum absolute atomic E-state index is 12.9. The van der Waals surface area contributed by atoms with Crippen molar-refractivity contribution >= 4 is 23.8 Å². The van der Waals surface area contributed by atoms with Crippen molar-refractivity contribution in [1.29, 1.82) is 0 Å². The van der Waals surface area contributed by atoms with Gasteiger partial charge in [0.2, 0.25) is 0 Å². The van der Waals surface area contributed by atoms with Crippen molar-refractivity contribution in [2.45, 2.75) is 31.7 Å². The summed E-state index contributed by atoms with van der Waals surface area (Å²) in [6.07, 6.45) is 5.66. The number of rotatable bonds is 2. The van der Waals surface area contributed by atoms with Crippen LogP contribution < -0.4 is 14.6 Å². The molecule has 1 unspecified atom stereocenters. The zero-order chi connectivity index (χ0) is 16.0. The number of methoxy groups -OCH3 is 1. The lowest BCUT2D eigenvalue weighted by atomic mass is 9.98. The molecule has 1 aliphatic carbocycles. The Bertz CT molecular complexity index is 736. The van der Waals surface area contributed by atoms with Crippen LogP contribution in [0.25, 0.3) is 0 Å². The fraction of sp³-hybridized carbons (Fsp3) is 0.353. The highest BCUT2D eigenvalue weighted by molar-refractivity contribution is 6.26. The highest BCUT2D eigenvalue weighted by Crippen LogP contribution is 2.33. The second kappa shape index (κ2) is 5.22. The Hall–Kier alpha value is -2.63. The molecule has 4 rings (SSSR count). The van der Waals surface area contributed by atoms with Crippen LogP contribution in [0.2, 0.25) is 0 Å². The van der Waals surface area contributed by atoms with E-state index in [4.69, 9.17) is 4.74 Å². The number of carbonyl (C=O) groups excluding carboxylic acids is 2. The molecule has 6 heteroatoms. The van der Waals surface area contributed by atoms with E-state index >= 15 is 0 Å². The topological polar surface area (TPSA) is 63.8 Å². The van der Waals surface area contributed by atoms with Crippen molar-refractivity contribution in [3.05, 3.63) is 35.7 Å². The lowest BCUT2D eigenvalue weighted by Gasteiger charge is -2.26. The van der Waals surface area contributed by atoms with E-state index in [9.17, 15) is 9.59 Å². The first-order valence-electron chi connectivity index (χ1n) is 7.84. The molecule has 1 aromatic carbocycles. The number of imide groups is 1. The Labute approximate surface area is 134 Å². The highest BCUT2D eigenvalue weighted by atomic mass is 16.5. The maximum atomic E-state index is 12.9. The number of urea groups is 1. The molecule has 0 spiro atoms. The number of nitrogens with one attached hydrogen (secondary N) is 1. The van der Waals surface area contributed by atoms with Gasteiger partial charge in [-0.25, -0.2) is 14.7 Å². The van der Waals surface area contributed by atoms with Gasteiger partial charge in [0.1, 0.15) is 5.75 Å². The highest BCUT2D eigenvalue weighted by Gasteiger charge is 2.51. The molecule has 3 aliphatic rings. The number of benzene rings is 1. The number of anilines is 1. The molecular weight excluding hydrogens is 294 g/mol. The van der Waals surface area contributed by atoms with Gasteiger partial charge in [0, 0.05) is 6.42 Å². The van der Waals surface area contributed by atoms with Crippen LogP contribution in [-0.2, 0) is 4.79 Å². The Morgan fingerprint density at radius 3 is 2.61 bits per heavy atom. The van der Waals surface area contributed by atoms with Gasteiger partial charge in [-0.15, -0.1) is 0 Å². The Kier molecular flexibility index (Phi) is 3.18. The first-order chi connectivity index (χ1) is 11.2. The number of nitrogens with zero attached hydrogens (tertiary/aromatic N) is 2. The minimum Gasteiger partial charge on any atom is -0.497 e. The van der Waals surface area contributed by atoms with Gasteiger partial charge in [-0.2, -0.15) is 0 Å². The standard InChI is InChI=1S/C17H17N3O3/c1-23-12-8-6-11(7-9-12)19-16(21)15-10-18-13-4-2-3-5-14(13)20(15)17(19)22/h6-10,15H,2-5H2,1H3/p+1. The van der Waals surface area contributed by atoms with Crippen LogP contribution in [0, 0.1) is 0 Å². The fourth-order valence-electron chi connectivity index (χ4n) is 3.45. The molecule has 0 aromatic heterocycles. The number of hydrogen-bond acceptors (Lipinski definition) is 3. The molecule has 2 aliphatic heterocycles. The van der Waals surface area contributed by atoms with Gasteiger partial charge in [-0.3, -0.25) is 9.69 Å². The normalized spacial score (nSPS) is 23.3. The first kappa shape index (κ1) is 14.0. The molecule has 3 amide bonds. The predicted octanol–water partition coefficient (Wildman–Crippen LogP) is 0.783. The van der Waals surface area contributed by atoms with Crippen LogP contribution in [-0.4, -0.2) is 36.2 Å². The van der Waals surface area contributed by atoms with Gasteiger partial charge in [0.15, 0.2) is 18.0 Å². The summed E-state index contributed by atoms with van der Waals surface area (Å²) in [6, 6.07) is 6.15. The molecule has 0 bridgehead atoms. The average molecular weight is 312 g/mol. The zero-order valence-electron chi connectivity index (χ0n) is 12.9. The van der Waals surface area contributed by atoms with E-state index in [0.29, 0.717) is 11.4 Å². The SMILES string of the molecule is COc1ccc(N2C(=O)C3C=[NH+]C4=C(CCCC4)N3C2=O)cc1. The molecule has 23 heavy (non-hydrogen) atoms. The number of fused-ring (bicyclic) bond motifs is 2. The molecule has 1 N–H and O–H groups in total. The molecule has 118 valence electrons. The molecular formula is C17H18N3O3+. The number of carbonyl (C=O) groups is 2. The molecule has 1 aromatic rings. The van der Waals surface area contributed by atoms with Crippen molar-refractivity contribution in [3.63, 3.8) is 0 Å². The van der Waals surface area contributed by atoms with Crippen LogP contribution in [0.5, 0.6) is 5.75 Å². The monoisotopic (exact) mass is 312 g/mol. The summed E-state index contributed by atoms with van der Waals surface area (Å²) in [6.45, 7) is 0. The van der Waals surface area contributed by atoms with Crippen molar-refractivity contribution in [3.8, 4) is 5.75 Å². The van der Waals surface area contributed by atoms with Crippen molar-refractivity contribution < 1.29 is 19.3 Å². The third kappa shape index (κ3) is 2.05. The first-order valence-corrected chi connectivity index (χ1v) is 7.84. The lowest BCUT2D eigenvalue weighted by Crippen LogP contribution is -2.74. The second-order valence-corrected chi connectivity index (χ2v) is 5.91. The van der Waals surface area contributed by atoms with Crippen molar-refractivity contribution in [1.82, 2.24) is 4.90 Å². The number of ether oxygens (including phenoxy) is 1.